The summed E-state index contributed by atoms with van der Waals surface area (Å²) in [5, 5.41) is 0. The maximum atomic E-state index is 12.5. The van der Waals surface area contributed by atoms with E-state index in [1.54, 1.807) is 12.1 Å². The van der Waals surface area contributed by atoms with Crippen molar-refractivity contribution in [3.63, 3.8) is 0 Å². The van der Waals surface area contributed by atoms with Crippen molar-refractivity contribution < 1.29 is 13.3 Å². The number of thiophene rings is 1. The van der Waals surface area contributed by atoms with Crippen LogP contribution in [0, 0.1) is 0 Å². The second-order valence-corrected chi connectivity index (χ2v) is 10.2. The van der Waals surface area contributed by atoms with Crippen LogP contribution in [0.1, 0.15) is 37.7 Å². The zero-order valence-electron chi connectivity index (χ0n) is 14.2. The first-order valence-electron chi connectivity index (χ1n) is 8.59. The molecule has 0 saturated heterocycles. The van der Waals surface area contributed by atoms with Gasteiger partial charge in [0.15, 0.2) is 0 Å². The van der Waals surface area contributed by atoms with Crippen molar-refractivity contribution in [1.29, 1.82) is 0 Å². The van der Waals surface area contributed by atoms with Gasteiger partial charge in [-0.2, -0.15) is 0 Å². The number of halogens is 1. The minimum atomic E-state index is -3.73. The van der Waals surface area contributed by atoms with Crippen molar-refractivity contribution >= 4 is 38.6 Å². The fourth-order valence-corrected chi connectivity index (χ4v) is 5.88. The van der Waals surface area contributed by atoms with Gasteiger partial charge in [0.1, 0.15) is 20.8 Å². The number of benzene rings is 1. The molecule has 0 bridgehead atoms. The Kier molecular flexibility index (Phi) is 6.04. The van der Waals surface area contributed by atoms with Crippen LogP contribution in [0.5, 0.6) is 0 Å². The summed E-state index contributed by atoms with van der Waals surface area (Å²) in [6.07, 6.45) is 6.41. The van der Waals surface area contributed by atoms with E-state index in [0.29, 0.717) is 16.1 Å². The third kappa shape index (κ3) is 4.76. The predicted octanol–water partition coefficient (Wildman–Crippen LogP) is 4.14. The summed E-state index contributed by atoms with van der Waals surface area (Å²) in [7, 11) is -1.53. The summed E-state index contributed by atoms with van der Waals surface area (Å²) in [6, 6.07) is 11.3. The van der Waals surface area contributed by atoms with E-state index in [9.17, 15) is 8.42 Å². The topological polar surface area (TPSA) is 52.7 Å². The molecule has 1 heterocycles. The molecule has 1 aromatic carbocycles. The molecule has 1 unspecified atom stereocenters. The molecule has 4 nitrogen and oxygen atoms in total. The molecule has 0 radical (unpaired) electrons. The van der Waals surface area contributed by atoms with Gasteiger partial charge in [0, 0.05) is 0 Å². The zero-order valence-corrected chi connectivity index (χ0v) is 16.6. The lowest BCUT2D eigenvalue weighted by Gasteiger charge is -2.30. The molecule has 3 rings (SSSR count). The van der Waals surface area contributed by atoms with Crippen LogP contribution < -0.4 is 4.90 Å². The smallest absolute Gasteiger partial charge is 0.132 e. The quantitative estimate of drug-likeness (QED) is 0.794. The predicted molar refractivity (Wildman–Crippen MR) is 103 cm³/mol. The lowest BCUT2D eigenvalue weighted by Crippen LogP contribution is -3.11. The molecule has 7 heteroatoms. The number of hydrogen-bond acceptors (Lipinski definition) is 3. The molecule has 1 saturated carbocycles. The Balaban J connectivity index is 1.76. The Morgan fingerprint density at radius 1 is 1.16 bits per heavy atom. The highest BCUT2D eigenvalue weighted by Crippen LogP contribution is 2.35. The number of hydrogen-bond donors (Lipinski definition) is 1. The van der Waals surface area contributed by atoms with Gasteiger partial charge in [-0.3, -0.25) is 0 Å². The lowest BCUT2D eigenvalue weighted by molar-refractivity contribution is -0.921. The largest absolute Gasteiger partial charge is 0.572 e. The molecule has 25 heavy (non-hydrogen) atoms. The minimum Gasteiger partial charge on any atom is -0.572 e. The Bertz CT molecular complexity index is 814. The second kappa shape index (κ2) is 8.08. The Hall–Kier alpha value is -1.08. The first-order chi connectivity index (χ1) is 12.0. The average Bonchev–Trinajstić information content (AvgIpc) is 3.05. The number of rotatable bonds is 6. The zero-order chi connectivity index (χ0) is 17.9. The highest BCUT2D eigenvalue weighted by Gasteiger charge is 2.21. The van der Waals surface area contributed by atoms with Crippen molar-refractivity contribution in [1.82, 2.24) is 0 Å². The van der Waals surface area contributed by atoms with Crippen LogP contribution in [0.3, 0.4) is 0 Å². The number of quaternary nitrogens is 1. The van der Waals surface area contributed by atoms with Gasteiger partial charge in [-0.05, 0) is 43.4 Å². The molecular formula is C18H23ClN2O2S2. The van der Waals surface area contributed by atoms with E-state index in [0.717, 1.165) is 23.4 Å². The summed E-state index contributed by atoms with van der Waals surface area (Å²) in [4.78, 5) is 1.43. The van der Waals surface area contributed by atoms with Crippen LogP contribution in [0.2, 0.25) is 4.34 Å². The Morgan fingerprint density at radius 2 is 1.88 bits per heavy atom. The van der Waals surface area contributed by atoms with Crippen LogP contribution in [-0.4, -0.2) is 21.5 Å². The standard InChI is InChI=1S/C18H22ClN2O2S2/c1-21(15-8-3-2-4-9-15)13-14-7-5-6-10-16(14)20-25(22,23)18-12-11-17(19)24-18/h5-7,10-12,15H,2-4,8-9,13H2,1H3/q-1/p+1. The SMILES string of the molecule is C[NH+](Cc1ccccc1[N-]S(=O)(=O)c1ccc(Cl)s1)C1CCCCC1. The second-order valence-electron chi connectivity index (χ2n) is 6.61. The molecule has 1 aromatic heterocycles. The molecule has 1 aliphatic carbocycles. The van der Waals surface area contributed by atoms with Gasteiger partial charge in [0.05, 0.1) is 17.4 Å². The molecular weight excluding hydrogens is 376 g/mol. The van der Waals surface area contributed by atoms with E-state index in [1.807, 2.05) is 18.2 Å². The Morgan fingerprint density at radius 3 is 2.56 bits per heavy atom. The maximum absolute atomic E-state index is 12.5. The highest BCUT2D eigenvalue weighted by atomic mass is 35.5. The van der Waals surface area contributed by atoms with E-state index in [1.165, 1.54) is 43.1 Å². The molecule has 1 N–H and O–H groups in total. The van der Waals surface area contributed by atoms with Gasteiger partial charge in [0.25, 0.3) is 0 Å². The normalized spacial score (nSPS) is 17.4. The molecule has 136 valence electrons. The average molecular weight is 399 g/mol. The van der Waals surface area contributed by atoms with E-state index in [-0.39, 0.29) is 4.21 Å². The fraction of sp³-hybridized carbons (Fsp3) is 0.444. The van der Waals surface area contributed by atoms with E-state index in [4.69, 9.17) is 11.6 Å². The summed E-state index contributed by atoms with van der Waals surface area (Å²) in [5.41, 5.74) is 1.50. The monoisotopic (exact) mass is 398 g/mol. The van der Waals surface area contributed by atoms with Crippen LogP contribution in [0.15, 0.2) is 40.6 Å². The van der Waals surface area contributed by atoms with Crippen molar-refractivity contribution in [3.05, 3.63) is 51.0 Å². The van der Waals surface area contributed by atoms with Crippen molar-refractivity contribution in [2.24, 2.45) is 0 Å². The van der Waals surface area contributed by atoms with Gasteiger partial charge >= 0.3 is 0 Å². The van der Waals surface area contributed by atoms with Crippen molar-refractivity contribution in [3.8, 4) is 0 Å². The van der Waals surface area contributed by atoms with Crippen LogP contribution in [0.4, 0.5) is 5.69 Å². The molecule has 0 aliphatic heterocycles. The molecule has 0 spiro atoms. The van der Waals surface area contributed by atoms with Crippen molar-refractivity contribution in [2.75, 3.05) is 7.05 Å². The number of nitrogens with one attached hydrogen (secondary N) is 1. The van der Waals surface area contributed by atoms with Gasteiger partial charge in [-0.15, -0.1) is 17.0 Å². The first kappa shape index (κ1) is 18.7. The third-order valence-electron chi connectivity index (χ3n) is 4.78. The van der Waals surface area contributed by atoms with E-state index >= 15 is 0 Å². The first-order valence-corrected chi connectivity index (χ1v) is 11.2. The third-order valence-corrected chi connectivity index (χ3v) is 7.77. The lowest BCUT2D eigenvalue weighted by atomic mass is 9.94. The number of sulfonamides is 1. The van der Waals surface area contributed by atoms with Gasteiger partial charge < -0.3 is 9.62 Å². The molecule has 1 aliphatic rings. The number of nitrogens with zero attached hydrogens (tertiary/aromatic N) is 1. The van der Waals surface area contributed by atoms with Crippen LogP contribution >= 0.6 is 22.9 Å². The molecule has 1 fully saturated rings. The minimum absolute atomic E-state index is 0.181. The summed E-state index contributed by atoms with van der Waals surface area (Å²) in [6.45, 7) is 0.783. The highest BCUT2D eigenvalue weighted by molar-refractivity contribution is 7.96. The van der Waals surface area contributed by atoms with Gasteiger partial charge in [-0.25, -0.2) is 8.42 Å². The molecule has 0 amide bonds. The fourth-order valence-electron chi connectivity index (χ4n) is 3.40. The maximum Gasteiger partial charge on any atom is 0.132 e. The molecule has 1 atom stereocenters. The van der Waals surface area contributed by atoms with E-state index < -0.39 is 10.0 Å². The molecule has 2 aromatic rings. The van der Waals surface area contributed by atoms with Crippen molar-refractivity contribution in [2.45, 2.75) is 48.9 Å². The van der Waals surface area contributed by atoms with Gasteiger partial charge in [0.2, 0.25) is 0 Å². The van der Waals surface area contributed by atoms with Crippen LogP contribution in [-0.2, 0) is 16.6 Å². The summed E-state index contributed by atoms with van der Waals surface area (Å²) < 4.78 is 29.8. The summed E-state index contributed by atoms with van der Waals surface area (Å²) >= 11 is 6.90. The summed E-state index contributed by atoms with van der Waals surface area (Å²) in [5.74, 6) is 0. The van der Waals surface area contributed by atoms with Crippen LogP contribution in [0.25, 0.3) is 4.72 Å². The van der Waals surface area contributed by atoms with E-state index in [2.05, 4.69) is 11.8 Å². The van der Waals surface area contributed by atoms with Gasteiger partial charge in [-0.1, -0.05) is 42.3 Å². The Labute approximate surface area is 158 Å².